The van der Waals surface area contributed by atoms with E-state index in [1.807, 2.05) is 6.07 Å². The third kappa shape index (κ3) is 2.18. The summed E-state index contributed by atoms with van der Waals surface area (Å²) in [5.41, 5.74) is 8.24. The highest BCUT2D eigenvalue weighted by Crippen LogP contribution is 2.46. The Morgan fingerprint density at radius 1 is 1.30 bits per heavy atom. The van der Waals surface area contributed by atoms with Gasteiger partial charge in [-0.2, -0.15) is 0 Å². The number of hydrogen-bond acceptors (Lipinski definition) is 3. The Morgan fingerprint density at radius 2 is 2.00 bits per heavy atom. The van der Waals surface area contributed by atoms with E-state index in [4.69, 9.17) is 5.73 Å². The van der Waals surface area contributed by atoms with E-state index < -0.39 is 0 Å². The van der Waals surface area contributed by atoms with Gasteiger partial charge in [-0.05, 0) is 44.1 Å². The van der Waals surface area contributed by atoms with Crippen molar-refractivity contribution in [3.05, 3.63) is 29.8 Å². The lowest BCUT2D eigenvalue weighted by molar-refractivity contribution is -0.116. The lowest BCUT2D eigenvalue weighted by Crippen LogP contribution is -2.46. The van der Waals surface area contributed by atoms with E-state index in [0.29, 0.717) is 6.54 Å². The number of primary amides is 1. The van der Waals surface area contributed by atoms with E-state index in [-0.39, 0.29) is 11.3 Å². The largest absolute Gasteiger partial charge is 0.368 e. The number of hydrogen-bond donors (Lipinski definition) is 1. The predicted molar refractivity (Wildman–Crippen MR) is 80.9 cm³/mol. The van der Waals surface area contributed by atoms with Crippen molar-refractivity contribution < 1.29 is 4.79 Å². The molecule has 1 amide bonds. The lowest BCUT2D eigenvalue weighted by Gasteiger charge is -2.39. The summed E-state index contributed by atoms with van der Waals surface area (Å²) in [6.45, 7) is 6.91. The van der Waals surface area contributed by atoms with Gasteiger partial charge in [-0.1, -0.05) is 25.1 Å². The Balaban J connectivity index is 1.89. The Labute approximate surface area is 120 Å². The van der Waals surface area contributed by atoms with Crippen LogP contribution < -0.4 is 10.6 Å². The number of benzene rings is 1. The Kier molecular flexibility index (Phi) is 3.42. The standard InChI is InChI=1S/C16H23N3O/c1-2-18-9-7-16(8-10-18)12-19(11-15(17)20)14-6-4-3-5-13(14)16/h3-6H,2,7-12H2,1H3,(H2,17,20). The number of rotatable bonds is 3. The van der Waals surface area contributed by atoms with E-state index in [9.17, 15) is 4.79 Å². The maximum absolute atomic E-state index is 11.3. The van der Waals surface area contributed by atoms with Gasteiger partial charge < -0.3 is 15.5 Å². The van der Waals surface area contributed by atoms with Gasteiger partial charge in [-0.3, -0.25) is 4.79 Å². The molecule has 0 radical (unpaired) electrons. The van der Waals surface area contributed by atoms with Crippen LogP contribution in [0, 0.1) is 0 Å². The molecule has 2 aliphatic heterocycles. The van der Waals surface area contributed by atoms with Crippen molar-refractivity contribution in [3.63, 3.8) is 0 Å². The number of piperidine rings is 1. The number of anilines is 1. The fraction of sp³-hybridized carbons (Fsp3) is 0.562. The number of para-hydroxylation sites is 1. The van der Waals surface area contributed by atoms with Gasteiger partial charge in [0.1, 0.15) is 0 Å². The first-order valence-electron chi connectivity index (χ1n) is 7.50. The normalized spacial score (nSPS) is 21.1. The van der Waals surface area contributed by atoms with Gasteiger partial charge in [-0.25, -0.2) is 0 Å². The van der Waals surface area contributed by atoms with Gasteiger partial charge in [0.05, 0.1) is 6.54 Å². The molecule has 20 heavy (non-hydrogen) atoms. The van der Waals surface area contributed by atoms with Crippen LogP contribution in [-0.4, -0.2) is 43.5 Å². The SMILES string of the molecule is CCN1CCC2(CC1)CN(CC(N)=O)c1ccccc12. The molecule has 0 saturated carbocycles. The van der Waals surface area contributed by atoms with Gasteiger partial charge in [-0.15, -0.1) is 0 Å². The minimum atomic E-state index is -0.247. The molecule has 4 heteroatoms. The zero-order valence-electron chi connectivity index (χ0n) is 12.1. The topological polar surface area (TPSA) is 49.6 Å². The van der Waals surface area contributed by atoms with Gasteiger partial charge >= 0.3 is 0 Å². The molecule has 2 heterocycles. The van der Waals surface area contributed by atoms with Crippen molar-refractivity contribution in [1.29, 1.82) is 0 Å². The van der Waals surface area contributed by atoms with Crippen LogP contribution in [0.5, 0.6) is 0 Å². The quantitative estimate of drug-likeness (QED) is 0.904. The van der Waals surface area contributed by atoms with Crippen molar-refractivity contribution in [2.24, 2.45) is 5.73 Å². The van der Waals surface area contributed by atoms with Crippen LogP contribution in [0.2, 0.25) is 0 Å². The summed E-state index contributed by atoms with van der Waals surface area (Å²) in [5, 5.41) is 0. The molecule has 108 valence electrons. The minimum absolute atomic E-state index is 0.220. The van der Waals surface area contributed by atoms with Crippen molar-refractivity contribution >= 4 is 11.6 Å². The molecule has 1 fully saturated rings. The third-order valence-corrected chi connectivity index (χ3v) is 4.92. The number of likely N-dealkylation sites (tertiary alicyclic amines) is 1. The fourth-order valence-electron chi connectivity index (χ4n) is 3.79. The number of amides is 1. The number of nitrogens with zero attached hydrogens (tertiary/aromatic N) is 2. The van der Waals surface area contributed by atoms with Crippen LogP contribution in [0.4, 0.5) is 5.69 Å². The van der Waals surface area contributed by atoms with Crippen LogP contribution in [-0.2, 0) is 10.2 Å². The number of carbonyl (C=O) groups excluding carboxylic acids is 1. The van der Waals surface area contributed by atoms with Crippen molar-refractivity contribution in [1.82, 2.24) is 4.90 Å². The number of nitrogens with two attached hydrogens (primary N) is 1. The molecular formula is C16H23N3O. The second-order valence-corrected chi connectivity index (χ2v) is 6.05. The summed E-state index contributed by atoms with van der Waals surface area (Å²) in [5.74, 6) is -0.247. The smallest absolute Gasteiger partial charge is 0.236 e. The van der Waals surface area contributed by atoms with E-state index in [1.54, 1.807) is 0 Å². The van der Waals surface area contributed by atoms with Gasteiger partial charge in [0.25, 0.3) is 0 Å². The predicted octanol–water partition coefficient (Wildman–Crippen LogP) is 1.35. The number of fused-ring (bicyclic) bond motifs is 2. The van der Waals surface area contributed by atoms with Crippen LogP contribution >= 0.6 is 0 Å². The van der Waals surface area contributed by atoms with Crippen molar-refractivity contribution in [2.45, 2.75) is 25.2 Å². The Morgan fingerprint density at radius 3 is 2.65 bits per heavy atom. The summed E-state index contributed by atoms with van der Waals surface area (Å²) >= 11 is 0. The highest BCUT2D eigenvalue weighted by molar-refractivity contribution is 5.81. The zero-order chi connectivity index (χ0) is 14.2. The molecule has 4 nitrogen and oxygen atoms in total. The van der Waals surface area contributed by atoms with Crippen LogP contribution in [0.25, 0.3) is 0 Å². The molecule has 1 aromatic carbocycles. The first-order valence-corrected chi connectivity index (χ1v) is 7.50. The average Bonchev–Trinajstić information content (AvgIpc) is 2.74. The molecule has 1 saturated heterocycles. The summed E-state index contributed by atoms with van der Waals surface area (Å²) in [6.07, 6.45) is 2.35. The van der Waals surface area contributed by atoms with E-state index in [2.05, 4.69) is 34.9 Å². The molecule has 2 aliphatic rings. The molecule has 3 rings (SSSR count). The summed E-state index contributed by atoms with van der Waals surface area (Å²) in [4.78, 5) is 16.0. The van der Waals surface area contributed by atoms with Gasteiger partial charge in [0.2, 0.25) is 5.91 Å². The van der Waals surface area contributed by atoms with Crippen LogP contribution in [0.15, 0.2) is 24.3 Å². The van der Waals surface area contributed by atoms with Gasteiger partial charge in [0, 0.05) is 17.6 Å². The second-order valence-electron chi connectivity index (χ2n) is 6.05. The number of carbonyl (C=O) groups is 1. The fourth-order valence-corrected chi connectivity index (χ4v) is 3.79. The first kappa shape index (κ1) is 13.4. The molecule has 0 bridgehead atoms. The summed E-state index contributed by atoms with van der Waals surface area (Å²) in [7, 11) is 0. The van der Waals surface area contributed by atoms with E-state index in [1.165, 1.54) is 24.1 Å². The average molecular weight is 273 g/mol. The molecule has 2 N–H and O–H groups in total. The van der Waals surface area contributed by atoms with Crippen molar-refractivity contribution in [3.8, 4) is 0 Å². The Bertz CT molecular complexity index is 506. The third-order valence-electron chi connectivity index (χ3n) is 4.92. The zero-order valence-corrected chi connectivity index (χ0v) is 12.1. The Hall–Kier alpha value is -1.55. The second kappa shape index (κ2) is 5.09. The molecule has 0 aliphatic carbocycles. The maximum atomic E-state index is 11.3. The highest BCUT2D eigenvalue weighted by atomic mass is 16.1. The van der Waals surface area contributed by atoms with Crippen LogP contribution in [0.3, 0.4) is 0 Å². The maximum Gasteiger partial charge on any atom is 0.236 e. The van der Waals surface area contributed by atoms with E-state index >= 15 is 0 Å². The molecule has 0 unspecified atom stereocenters. The summed E-state index contributed by atoms with van der Waals surface area (Å²) < 4.78 is 0. The monoisotopic (exact) mass is 273 g/mol. The molecular weight excluding hydrogens is 250 g/mol. The highest BCUT2D eigenvalue weighted by Gasteiger charge is 2.44. The molecule has 0 atom stereocenters. The van der Waals surface area contributed by atoms with E-state index in [0.717, 1.165) is 26.2 Å². The first-order chi connectivity index (χ1) is 9.64. The summed E-state index contributed by atoms with van der Waals surface area (Å²) in [6, 6.07) is 8.52. The van der Waals surface area contributed by atoms with Crippen molar-refractivity contribution in [2.75, 3.05) is 37.6 Å². The molecule has 1 aromatic rings. The van der Waals surface area contributed by atoms with Gasteiger partial charge in [0.15, 0.2) is 0 Å². The molecule has 0 aromatic heterocycles. The molecule has 1 spiro atoms. The van der Waals surface area contributed by atoms with Crippen LogP contribution in [0.1, 0.15) is 25.3 Å². The lowest BCUT2D eigenvalue weighted by atomic mass is 9.74. The minimum Gasteiger partial charge on any atom is -0.368 e.